The van der Waals surface area contributed by atoms with Gasteiger partial charge in [-0.15, -0.1) is 0 Å². The first-order valence-corrected chi connectivity index (χ1v) is 8.80. The highest BCUT2D eigenvalue weighted by Crippen LogP contribution is 2.25. The van der Waals surface area contributed by atoms with Crippen LogP contribution in [0.4, 0.5) is 5.69 Å². The lowest BCUT2D eigenvalue weighted by molar-refractivity contribution is 0.0992. The number of ether oxygens (including phenoxy) is 1. The molecule has 0 unspecified atom stereocenters. The molecule has 6 nitrogen and oxygen atoms in total. The first-order valence-electron chi connectivity index (χ1n) is 8.80. The Kier molecular flexibility index (Phi) is 5.08. The number of benzene rings is 1. The number of anilines is 1. The Hall–Kier alpha value is -3.02. The van der Waals surface area contributed by atoms with Crippen molar-refractivity contribution in [2.24, 2.45) is 0 Å². The number of rotatable bonds is 5. The van der Waals surface area contributed by atoms with E-state index in [2.05, 4.69) is 43.4 Å². The number of amides is 1. The van der Waals surface area contributed by atoms with Crippen LogP contribution in [-0.4, -0.2) is 11.1 Å². The first kappa shape index (κ1) is 18.8. The maximum atomic E-state index is 12.3. The highest BCUT2D eigenvalue weighted by Gasteiger charge is 2.17. The molecule has 0 saturated heterocycles. The Bertz CT molecular complexity index is 910. The van der Waals surface area contributed by atoms with E-state index in [0.29, 0.717) is 22.9 Å². The zero-order valence-corrected chi connectivity index (χ0v) is 16.3. The molecular formula is C21H24N2O4. The summed E-state index contributed by atoms with van der Waals surface area (Å²) in [6, 6.07) is 11.3. The molecule has 0 fully saturated rings. The number of hydrogen-bond donors (Lipinski definition) is 1. The van der Waals surface area contributed by atoms with Gasteiger partial charge in [0.15, 0.2) is 11.5 Å². The van der Waals surface area contributed by atoms with Crippen molar-refractivity contribution >= 4 is 11.6 Å². The van der Waals surface area contributed by atoms with Gasteiger partial charge in [-0.25, -0.2) is 0 Å². The van der Waals surface area contributed by atoms with Crippen LogP contribution in [0.15, 0.2) is 45.3 Å². The maximum absolute atomic E-state index is 12.3. The van der Waals surface area contributed by atoms with Gasteiger partial charge < -0.3 is 19.0 Å². The van der Waals surface area contributed by atoms with Crippen LogP contribution < -0.4 is 10.1 Å². The molecule has 1 aromatic carbocycles. The van der Waals surface area contributed by atoms with E-state index in [9.17, 15) is 4.79 Å². The highest BCUT2D eigenvalue weighted by atomic mass is 16.5. The maximum Gasteiger partial charge on any atom is 0.291 e. The zero-order valence-electron chi connectivity index (χ0n) is 16.3. The second-order valence-corrected chi connectivity index (χ2v) is 7.48. The molecule has 0 aliphatic heterocycles. The quantitative estimate of drug-likeness (QED) is 0.685. The number of carbonyl (C=O) groups is 1. The molecule has 1 amide bonds. The summed E-state index contributed by atoms with van der Waals surface area (Å²) >= 11 is 0. The fourth-order valence-electron chi connectivity index (χ4n) is 2.62. The second kappa shape index (κ2) is 7.31. The molecule has 0 saturated carbocycles. The van der Waals surface area contributed by atoms with E-state index in [4.69, 9.17) is 13.7 Å². The Labute approximate surface area is 158 Å². The van der Waals surface area contributed by atoms with E-state index < -0.39 is 0 Å². The van der Waals surface area contributed by atoms with Gasteiger partial charge in [0.05, 0.1) is 0 Å². The van der Waals surface area contributed by atoms with Gasteiger partial charge >= 0.3 is 0 Å². The molecule has 3 rings (SSSR count). The van der Waals surface area contributed by atoms with Gasteiger partial charge in [0.25, 0.3) is 5.91 Å². The van der Waals surface area contributed by atoms with Crippen LogP contribution in [0.5, 0.6) is 5.75 Å². The van der Waals surface area contributed by atoms with Gasteiger partial charge in [-0.2, -0.15) is 0 Å². The number of nitrogens with one attached hydrogen (secondary N) is 1. The fraction of sp³-hybridized carbons (Fsp3) is 0.333. The summed E-state index contributed by atoms with van der Waals surface area (Å²) in [6.45, 7) is 10.2. The third-order valence-electron chi connectivity index (χ3n) is 4.26. The van der Waals surface area contributed by atoms with Crippen molar-refractivity contribution in [3.05, 3.63) is 64.9 Å². The minimum atomic E-state index is -0.356. The standard InChI is InChI=1S/C21H24N2O4/c1-13-19(14(2)27-23-13)22-20(24)18-11-10-17(26-18)12-25-16-8-6-15(7-9-16)21(3,4)5/h6-11H,12H2,1-5H3,(H,22,24). The molecule has 142 valence electrons. The number of carbonyl (C=O) groups excluding carboxylic acids is 1. The highest BCUT2D eigenvalue weighted by molar-refractivity contribution is 6.02. The van der Waals surface area contributed by atoms with Gasteiger partial charge in [-0.1, -0.05) is 38.1 Å². The zero-order chi connectivity index (χ0) is 19.6. The molecule has 0 aliphatic carbocycles. The van der Waals surface area contributed by atoms with Gasteiger partial charge in [0.1, 0.15) is 29.5 Å². The lowest BCUT2D eigenvalue weighted by Gasteiger charge is -2.19. The SMILES string of the molecule is Cc1noc(C)c1NC(=O)c1ccc(COc2ccc(C(C)(C)C)cc2)o1. The van der Waals surface area contributed by atoms with Crippen molar-refractivity contribution in [1.29, 1.82) is 0 Å². The molecule has 0 radical (unpaired) electrons. The smallest absolute Gasteiger partial charge is 0.291 e. The van der Waals surface area contributed by atoms with E-state index in [-0.39, 0.29) is 23.7 Å². The van der Waals surface area contributed by atoms with E-state index in [1.54, 1.807) is 26.0 Å². The van der Waals surface area contributed by atoms with Crippen molar-refractivity contribution in [3.8, 4) is 5.75 Å². The van der Waals surface area contributed by atoms with Crippen molar-refractivity contribution in [1.82, 2.24) is 5.16 Å². The lowest BCUT2D eigenvalue weighted by atomic mass is 9.87. The average molecular weight is 368 g/mol. The largest absolute Gasteiger partial charge is 0.486 e. The molecule has 0 spiro atoms. The summed E-state index contributed by atoms with van der Waals surface area (Å²) in [4.78, 5) is 12.3. The Morgan fingerprint density at radius 1 is 1.11 bits per heavy atom. The Morgan fingerprint density at radius 3 is 2.41 bits per heavy atom. The Morgan fingerprint density at radius 2 is 1.81 bits per heavy atom. The summed E-state index contributed by atoms with van der Waals surface area (Å²) in [5, 5.41) is 6.56. The molecule has 0 bridgehead atoms. The first-order chi connectivity index (χ1) is 12.7. The predicted molar refractivity (Wildman–Crippen MR) is 102 cm³/mol. The molecule has 0 aliphatic rings. The summed E-state index contributed by atoms with van der Waals surface area (Å²) in [7, 11) is 0. The monoisotopic (exact) mass is 368 g/mol. The molecule has 3 aromatic rings. The van der Waals surface area contributed by atoms with Crippen molar-refractivity contribution < 1.29 is 18.5 Å². The van der Waals surface area contributed by atoms with Crippen LogP contribution in [0.1, 0.15) is 54.1 Å². The van der Waals surface area contributed by atoms with E-state index in [1.807, 2.05) is 12.1 Å². The summed E-state index contributed by atoms with van der Waals surface area (Å²) in [5.41, 5.74) is 2.53. The molecule has 6 heteroatoms. The predicted octanol–water partition coefficient (Wildman–Crippen LogP) is 5.01. The minimum absolute atomic E-state index is 0.100. The molecule has 2 aromatic heterocycles. The lowest BCUT2D eigenvalue weighted by Crippen LogP contribution is -2.12. The van der Waals surface area contributed by atoms with E-state index in [0.717, 1.165) is 5.75 Å². The number of furan rings is 1. The van der Waals surface area contributed by atoms with Crippen molar-refractivity contribution in [3.63, 3.8) is 0 Å². The number of aromatic nitrogens is 1. The number of nitrogens with zero attached hydrogens (tertiary/aromatic N) is 1. The number of aryl methyl sites for hydroxylation is 2. The number of hydrogen-bond acceptors (Lipinski definition) is 5. The van der Waals surface area contributed by atoms with Crippen LogP contribution in [0.25, 0.3) is 0 Å². The molecule has 0 atom stereocenters. The van der Waals surface area contributed by atoms with Gasteiger partial charge in [0.2, 0.25) is 0 Å². The topological polar surface area (TPSA) is 77.5 Å². The summed E-state index contributed by atoms with van der Waals surface area (Å²) in [6.07, 6.45) is 0. The van der Waals surface area contributed by atoms with E-state index in [1.165, 1.54) is 5.56 Å². The molecule has 27 heavy (non-hydrogen) atoms. The molecule has 2 heterocycles. The average Bonchev–Trinajstić information content (AvgIpc) is 3.22. The van der Waals surface area contributed by atoms with Gasteiger partial charge in [-0.3, -0.25) is 4.79 Å². The Balaban J connectivity index is 1.60. The third kappa shape index (κ3) is 4.39. The van der Waals surface area contributed by atoms with Gasteiger partial charge in [0, 0.05) is 0 Å². The van der Waals surface area contributed by atoms with Crippen LogP contribution in [-0.2, 0) is 12.0 Å². The van der Waals surface area contributed by atoms with Gasteiger partial charge in [-0.05, 0) is 49.1 Å². The molecular weight excluding hydrogens is 344 g/mol. The minimum Gasteiger partial charge on any atom is -0.486 e. The van der Waals surface area contributed by atoms with Crippen molar-refractivity contribution in [2.75, 3.05) is 5.32 Å². The normalized spacial score (nSPS) is 11.4. The third-order valence-corrected chi connectivity index (χ3v) is 4.26. The van der Waals surface area contributed by atoms with Crippen LogP contribution >= 0.6 is 0 Å². The van der Waals surface area contributed by atoms with Crippen molar-refractivity contribution in [2.45, 2.75) is 46.6 Å². The fourth-order valence-corrected chi connectivity index (χ4v) is 2.62. The van der Waals surface area contributed by atoms with E-state index >= 15 is 0 Å². The van der Waals surface area contributed by atoms with Crippen LogP contribution in [0.3, 0.4) is 0 Å². The summed E-state index contributed by atoms with van der Waals surface area (Å²) < 4.78 is 16.4. The van der Waals surface area contributed by atoms with Crippen LogP contribution in [0.2, 0.25) is 0 Å². The van der Waals surface area contributed by atoms with Crippen LogP contribution in [0, 0.1) is 13.8 Å². The summed E-state index contributed by atoms with van der Waals surface area (Å²) in [5.74, 6) is 1.72. The second-order valence-electron chi connectivity index (χ2n) is 7.48. The molecule has 1 N–H and O–H groups in total.